The average Bonchev–Trinajstić information content (AvgIpc) is 2.76. The van der Waals surface area contributed by atoms with Crippen LogP contribution in [0, 0.1) is 17.1 Å². The van der Waals surface area contributed by atoms with E-state index in [4.69, 9.17) is 5.73 Å². The number of hydrogen-bond donors (Lipinski definition) is 2. The smallest absolute Gasteiger partial charge is 0.271 e. The predicted octanol–water partition coefficient (Wildman–Crippen LogP) is 2.67. The first-order valence-electron chi connectivity index (χ1n) is 9.44. The second-order valence-corrected chi connectivity index (χ2v) is 7.05. The van der Waals surface area contributed by atoms with Gasteiger partial charge in [0.2, 0.25) is 0 Å². The molecular formula is C22H18FN5O2. The zero-order chi connectivity index (χ0) is 21.3. The van der Waals surface area contributed by atoms with E-state index in [2.05, 4.69) is 16.5 Å². The molecule has 3 N–H and O–H groups in total. The van der Waals surface area contributed by atoms with Crippen LogP contribution in [-0.2, 0) is 4.79 Å². The van der Waals surface area contributed by atoms with Crippen molar-refractivity contribution < 1.29 is 14.0 Å². The van der Waals surface area contributed by atoms with Gasteiger partial charge in [0.05, 0.1) is 23.1 Å². The third-order valence-electron chi connectivity index (χ3n) is 5.25. The third kappa shape index (κ3) is 3.31. The summed E-state index contributed by atoms with van der Waals surface area (Å²) >= 11 is 0. The van der Waals surface area contributed by atoms with E-state index in [-0.39, 0.29) is 17.2 Å². The van der Waals surface area contributed by atoms with Crippen LogP contribution in [0.3, 0.4) is 0 Å². The maximum absolute atomic E-state index is 13.4. The molecule has 1 aromatic heterocycles. The predicted molar refractivity (Wildman–Crippen MR) is 105 cm³/mol. The van der Waals surface area contributed by atoms with E-state index in [1.54, 1.807) is 30.5 Å². The van der Waals surface area contributed by atoms with Crippen molar-refractivity contribution >= 4 is 11.7 Å². The number of allylic oxidation sites excluding steroid dienone is 3. The molecule has 2 heterocycles. The van der Waals surface area contributed by atoms with Crippen molar-refractivity contribution in [2.75, 3.05) is 0 Å². The number of carbonyl (C=O) groups is 2. The van der Waals surface area contributed by atoms with Crippen molar-refractivity contribution in [2.45, 2.75) is 25.2 Å². The Morgan fingerprint density at radius 3 is 2.70 bits per heavy atom. The first kappa shape index (κ1) is 19.3. The molecule has 0 fully saturated rings. The Balaban J connectivity index is 1.81. The fraction of sp³-hybridized carbons (Fsp3) is 0.182. The molecule has 1 amide bonds. The molecule has 1 aromatic carbocycles. The van der Waals surface area contributed by atoms with Crippen molar-refractivity contribution in [3.05, 3.63) is 88.4 Å². The Bertz CT molecular complexity index is 1120. The Labute approximate surface area is 172 Å². The molecule has 0 spiro atoms. The number of aromatic nitrogens is 1. The van der Waals surface area contributed by atoms with Gasteiger partial charge >= 0.3 is 0 Å². The number of halogens is 1. The number of ketones is 1. The molecule has 2 aromatic rings. The number of pyridine rings is 1. The molecule has 8 heteroatoms. The van der Waals surface area contributed by atoms with E-state index >= 15 is 0 Å². The molecule has 2 aliphatic rings. The highest BCUT2D eigenvalue weighted by atomic mass is 19.1. The Morgan fingerprint density at radius 1 is 1.27 bits per heavy atom. The van der Waals surface area contributed by atoms with Crippen LogP contribution < -0.4 is 11.2 Å². The van der Waals surface area contributed by atoms with Gasteiger partial charge in [0, 0.05) is 30.1 Å². The minimum atomic E-state index is -0.704. The average molecular weight is 403 g/mol. The van der Waals surface area contributed by atoms with Gasteiger partial charge in [0.1, 0.15) is 11.6 Å². The van der Waals surface area contributed by atoms with Crippen molar-refractivity contribution in [1.82, 2.24) is 15.4 Å². The Morgan fingerprint density at radius 2 is 2.03 bits per heavy atom. The van der Waals surface area contributed by atoms with Gasteiger partial charge in [-0.1, -0.05) is 12.1 Å². The van der Waals surface area contributed by atoms with Gasteiger partial charge in [-0.15, -0.1) is 0 Å². The molecule has 1 atom stereocenters. The molecule has 30 heavy (non-hydrogen) atoms. The van der Waals surface area contributed by atoms with Gasteiger partial charge in [-0.2, -0.15) is 5.26 Å². The van der Waals surface area contributed by atoms with Gasteiger partial charge < -0.3 is 5.73 Å². The highest BCUT2D eigenvalue weighted by Gasteiger charge is 2.40. The number of nitriles is 1. The number of nitrogens with zero attached hydrogens (tertiary/aromatic N) is 3. The summed E-state index contributed by atoms with van der Waals surface area (Å²) in [7, 11) is 0. The summed E-state index contributed by atoms with van der Waals surface area (Å²) < 4.78 is 13.4. The van der Waals surface area contributed by atoms with Crippen LogP contribution in [0.5, 0.6) is 0 Å². The van der Waals surface area contributed by atoms with Gasteiger partial charge in [0.15, 0.2) is 5.78 Å². The number of hydrogen-bond acceptors (Lipinski definition) is 6. The number of Topliss-reactive ketones (excluding diaryl/α,β-unsaturated/α-hetero) is 1. The lowest BCUT2D eigenvalue weighted by Crippen LogP contribution is -2.48. The molecule has 1 aliphatic heterocycles. The zero-order valence-electron chi connectivity index (χ0n) is 15.9. The summed E-state index contributed by atoms with van der Waals surface area (Å²) in [5.41, 5.74) is 11.0. The largest absolute Gasteiger partial charge is 0.383 e. The van der Waals surface area contributed by atoms with Gasteiger partial charge in [-0.05, 0) is 42.7 Å². The number of amides is 1. The van der Waals surface area contributed by atoms with Crippen molar-refractivity contribution in [3.63, 3.8) is 0 Å². The quantitative estimate of drug-likeness (QED) is 0.815. The normalized spacial score (nSPS) is 18.7. The second kappa shape index (κ2) is 7.79. The van der Waals surface area contributed by atoms with Crippen LogP contribution in [0.25, 0.3) is 0 Å². The summed E-state index contributed by atoms with van der Waals surface area (Å²) in [5, 5.41) is 11.2. The number of rotatable bonds is 3. The zero-order valence-corrected chi connectivity index (χ0v) is 15.9. The number of nitrogens with two attached hydrogens (primary N) is 1. The fourth-order valence-corrected chi connectivity index (χ4v) is 3.87. The molecular weight excluding hydrogens is 385 g/mol. The van der Waals surface area contributed by atoms with Crippen LogP contribution in [-0.4, -0.2) is 21.7 Å². The summed E-state index contributed by atoms with van der Waals surface area (Å²) in [4.78, 5) is 29.5. The van der Waals surface area contributed by atoms with Gasteiger partial charge in [0.25, 0.3) is 5.91 Å². The molecule has 1 aliphatic carbocycles. The van der Waals surface area contributed by atoms with Crippen LogP contribution in [0.4, 0.5) is 4.39 Å². The fourth-order valence-electron chi connectivity index (χ4n) is 3.87. The number of benzene rings is 1. The third-order valence-corrected chi connectivity index (χ3v) is 5.25. The SMILES string of the molecule is N#CC1=C(N)N(NC(=O)c2cccnc2)C2=C(C(=O)CCC2)C1c1ccc(F)cc1. The van der Waals surface area contributed by atoms with Crippen molar-refractivity contribution in [3.8, 4) is 6.07 Å². The Hall–Kier alpha value is -3.99. The van der Waals surface area contributed by atoms with E-state index in [0.717, 1.165) is 0 Å². The van der Waals surface area contributed by atoms with E-state index in [1.165, 1.54) is 23.3 Å². The highest BCUT2D eigenvalue weighted by Crippen LogP contribution is 2.44. The minimum absolute atomic E-state index is 0.0394. The maximum Gasteiger partial charge on any atom is 0.271 e. The topological polar surface area (TPSA) is 112 Å². The van der Waals surface area contributed by atoms with E-state index in [1.807, 2.05) is 0 Å². The summed E-state index contributed by atoms with van der Waals surface area (Å²) in [5.74, 6) is -1.66. The highest BCUT2D eigenvalue weighted by molar-refractivity contribution is 6.00. The summed E-state index contributed by atoms with van der Waals surface area (Å²) in [6.07, 6.45) is 4.40. The van der Waals surface area contributed by atoms with Crippen LogP contribution >= 0.6 is 0 Å². The molecule has 0 saturated carbocycles. The van der Waals surface area contributed by atoms with Gasteiger partial charge in [-0.3, -0.25) is 20.0 Å². The number of hydrazine groups is 1. The number of nitrogens with one attached hydrogen (secondary N) is 1. The maximum atomic E-state index is 13.4. The van der Waals surface area contributed by atoms with E-state index in [9.17, 15) is 19.2 Å². The van der Waals surface area contributed by atoms with Crippen LogP contribution in [0.1, 0.15) is 41.1 Å². The molecule has 1 unspecified atom stereocenters. The first-order chi connectivity index (χ1) is 14.5. The van der Waals surface area contributed by atoms with E-state index in [0.29, 0.717) is 41.7 Å². The molecule has 0 saturated heterocycles. The molecule has 4 rings (SSSR count). The summed E-state index contributed by atoms with van der Waals surface area (Å²) in [6.45, 7) is 0. The lowest BCUT2D eigenvalue weighted by atomic mass is 9.76. The molecule has 0 bridgehead atoms. The van der Waals surface area contributed by atoms with Gasteiger partial charge in [-0.25, -0.2) is 9.40 Å². The van der Waals surface area contributed by atoms with Crippen molar-refractivity contribution in [1.29, 1.82) is 5.26 Å². The summed E-state index contributed by atoms with van der Waals surface area (Å²) in [6, 6.07) is 11.0. The Kier molecular flexibility index (Phi) is 5.02. The molecule has 7 nitrogen and oxygen atoms in total. The molecule has 150 valence electrons. The molecule has 0 radical (unpaired) electrons. The standard InChI is InChI=1S/C22H18FN5O2/c23-15-8-6-13(7-9-15)19-16(11-24)21(25)28(17-4-1-5-18(29)20(17)19)27-22(30)14-3-2-10-26-12-14/h2-3,6-10,12,19H,1,4-5,25H2,(H,27,30). The lowest BCUT2D eigenvalue weighted by molar-refractivity contribution is -0.116. The number of carbonyl (C=O) groups excluding carboxylic acids is 2. The van der Waals surface area contributed by atoms with Crippen molar-refractivity contribution in [2.24, 2.45) is 5.73 Å². The van der Waals surface area contributed by atoms with E-state index < -0.39 is 17.6 Å². The first-order valence-corrected chi connectivity index (χ1v) is 9.44. The van der Waals surface area contributed by atoms with Crippen LogP contribution in [0.2, 0.25) is 0 Å². The lowest BCUT2D eigenvalue weighted by Gasteiger charge is -2.39. The van der Waals surface area contributed by atoms with Crippen LogP contribution in [0.15, 0.2) is 71.5 Å². The second-order valence-electron chi connectivity index (χ2n) is 7.05. The monoisotopic (exact) mass is 403 g/mol. The minimum Gasteiger partial charge on any atom is -0.383 e.